The predicted molar refractivity (Wildman–Crippen MR) is 76.9 cm³/mol. The number of anilines is 1. The average molecular weight is 312 g/mol. The molecule has 0 atom stereocenters. The summed E-state index contributed by atoms with van der Waals surface area (Å²) in [5.74, 6) is -2.41. The lowest BCUT2D eigenvalue weighted by molar-refractivity contribution is 0.509. The SMILES string of the molecule is NCc1ccc(CS(=O)(=O)Nc2ccc(F)c(F)c2)cc1. The Balaban J connectivity index is 2.12. The maximum absolute atomic E-state index is 13.0. The number of halogens is 2. The fourth-order valence-electron chi connectivity index (χ4n) is 1.77. The van der Waals surface area contributed by atoms with Crippen LogP contribution >= 0.6 is 0 Å². The molecule has 0 aliphatic carbocycles. The highest BCUT2D eigenvalue weighted by molar-refractivity contribution is 7.91. The first-order valence-corrected chi connectivity index (χ1v) is 7.78. The summed E-state index contributed by atoms with van der Waals surface area (Å²) >= 11 is 0. The Morgan fingerprint density at radius 3 is 2.14 bits per heavy atom. The molecule has 0 aromatic heterocycles. The van der Waals surface area contributed by atoms with Crippen molar-refractivity contribution in [3.8, 4) is 0 Å². The molecule has 0 aliphatic rings. The summed E-state index contributed by atoms with van der Waals surface area (Å²) in [5.41, 5.74) is 6.90. The summed E-state index contributed by atoms with van der Waals surface area (Å²) in [6, 6.07) is 9.62. The molecular formula is C14H14F2N2O2S. The second-order valence-corrected chi connectivity index (χ2v) is 6.23. The molecule has 4 nitrogen and oxygen atoms in total. The van der Waals surface area contributed by atoms with Crippen LogP contribution in [0.2, 0.25) is 0 Å². The third-order valence-electron chi connectivity index (χ3n) is 2.81. The van der Waals surface area contributed by atoms with Crippen molar-refractivity contribution in [2.45, 2.75) is 12.3 Å². The van der Waals surface area contributed by atoms with Crippen molar-refractivity contribution in [3.05, 3.63) is 65.2 Å². The van der Waals surface area contributed by atoms with Gasteiger partial charge in [-0.1, -0.05) is 24.3 Å². The van der Waals surface area contributed by atoms with Crippen LogP contribution < -0.4 is 10.5 Å². The number of benzene rings is 2. The fourth-order valence-corrected chi connectivity index (χ4v) is 2.96. The van der Waals surface area contributed by atoms with E-state index in [0.29, 0.717) is 12.1 Å². The Bertz CT molecular complexity index is 731. The molecular weight excluding hydrogens is 298 g/mol. The van der Waals surface area contributed by atoms with Crippen LogP contribution in [-0.2, 0) is 22.3 Å². The van der Waals surface area contributed by atoms with Gasteiger partial charge in [-0.15, -0.1) is 0 Å². The molecule has 0 spiro atoms. The predicted octanol–water partition coefficient (Wildman–Crippen LogP) is 2.37. The summed E-state index contributed by atoms with van der Waals surface area (Å²) in [6.07, 6.45) is 0. The molecule has 0 heterocycles. The second-order valence-electron chi connectivity index (χ2n) is 4.51. The number of nitrogens with two attached hydrogens (primary N) is 1. The third-order valence-corrected chi connectivity index (χ3v) is 4.07. The quantitative estimate of drug-likeness (QED) is 0.890. The molecule has 7 heteroatoms. The number of nitrogens with one attached hydrogen (secondary N) is 1. The Kier molecular flexibility index (Phi) is 4.54. The Morgan fingerprint density at radius 2 is 1.57 bits per heavy atom. The minimum absolute atomic E-state index is 0.0209. The van der Waals surface area contributed by atoms with Crippen molar-refractivity contribution >= 4 is 15.7 Å². The van der Waals surface area contributed by atoms with Gasteiger partial charge in [-0.3, -0.25) is 4.72 Å². The van der Waals surface area contributed by atoms with Crippen molar-refractivity contribution in [2.24, 2.45) is 5.73 Å². The molecule has 2 aromatic rings. The van der Waals surface area contributed by atoms with Crippen molar-refractivity contribution in [1.29, 1.82) is 0 Å². The lowest BCUT2D eigenvalue weighted by atomic mass is 10.1. The van der Waals surface area contributed by atoms with E-state index in [-0.39, 0.29) is 11.4 Å². The van der Waals surface area contributed by atoms with Crippen LogP contribution in [0.3, 0.4) is 0 Å². The van der Waals surface area contributed by atoms with Crippen LogP contribution in [0.25, 0.3) is 0 Å². The molecule has 2 aromatic carbocycles. The van der Waals surface area contributed by atoms with Gasteiger partial charge < -0.3 is 5.73 Å². The van der Waals surface area contributed by atoms with Crippen LogP contribution in [0.15, 0.2) is 42.5 Å². The molecule has 112 valence electrons. The Morgan fingerprint density at radius 1 is 0.952 bits per heavy atom. The fraction of sp³-hybridized carbons (Fsp3) is 0.143. The maximum atomic E-state index is 13.0. The van der Waals surface area contributed by atoms with E-state index in [0.717, 1.165) is 23.8 Å². The molecule has 0 radical (unpaired) electrons. The van der Waals surface area contributed by atoms with E-state index < -0.39 is 21.7 Å². The van der Waals surface area contributed by atoms with Crippen LogP contribution in [0, 0.1) is 11.6 Å². The average Bonchev–Trinajstić information content (AvgIpc) is 2.43. The van der Waals surface area contributed by atoms with Gasteiger partial charge in [-0.2, -0.15) is 0 Å². The van der Waals surface area contributed by atoms with Gasteiger partial charge in [-0.05, 0) is 23.3 Å². The zero-order valence-electron chi connectivity index (χ0n) is 11.0. The topological polar surface area (TPSA) is 72.2 Å². The van der Waals surface area contributed by atoms with Crippen molar-refractivity contribution in [1.82, 2.24) is 0 Å². The van der Waals surface area contributed by atoms with Crippen molar-refractivity contribution in [3.63, 3.8) is 0 Å². The Labute approximate surface area is 121 Å². The zero-order chi connectivity index (χ0) is 15.5. The van der Waals surface area contributed by atoms with Crippen LogP contribution in [0.5, 0.6) is 0 Å². The smallest absolute Gasteiger partial charge is 0.236 e. The molecule has 2 rings (SSSR count). The first-order chi connectivity index (χ1) is 9.89. The van der Waals surface area contributed by atoms with Gasteiger partial charge in [0.1, 0.15) is 0 Å². The molecule has 0 saturated carbocycles. The number of sulfonamides is 1. The van der Waals surface area contributed by atoms with E-state index in [1.165, 1.54) is 0 Å². The van der Waals surface area contributed by atoms with Gasteiger partial charge >= 0.3 is 0 Å². The van der Waals surface area contributed by atoms with E-state index in [9.17, 15) is 17.2 Å². The van der Waals surface area contributed by atoms with Crippen LogP contribution in [0.1, 0.15) is 11.1 Å². The van der Waals surface area contributed by atoms with Gasteiger partial charge in [0.2, 0.25) is 10.0 Å². The summed E-state index contributed by atoms with van der Waals surface area (Å²) in [4.78, 5) is 0. The second kappa shape index (κ2) is 6.19. The normalized spacial score (nSPS) is 11.4. The van der Waals surface area contributed by atoms with Crippen LogP contribution in [0.4, 0.5) is 14.5 Å². The summed E-state index contributed by atoms with van der Waals surface area (Å²) in [6.45, 7) is 0.375. The molecule has 0 aliphatic heterocycles. The van der Waals surface area contributed by atoms with Gasteiger partial charge in [0.15, 0.2) is 11.6 Å². The lowest BCUT2D eigenvalue weighted by Crippen LogP contribution is -2.15. The van der Waals surface area contributed by atoms with E-state index in [1.807, 2.05) is 0 Å². The molecule has 21 heavy (non-hydrogen) atoms. The largest absolute Gasteiger partial charge is 0.326 e. The molecule has 0 saturated heterocycles. The molecule has 0 unspecified atom stereocenters. The third kappa shape index (κ3) is 4.24. The van der Waals surface area contributed by atoms with Gasteiger partial charge in [0.05, 0.1) is 11.4 Å². The standard InChI is InChI=1S/C14H14F2N2O2S/c15-13-6-5-12(7-14(13)16)18-21(19,20)9-11-3-1-10(8-17)2-4-11/h1-7,18H,8-9,17H2. The highest BCUT2D eigenvalue weighted by Crippen LogP contribution is 2.16. The van der Waals surface area contributed by atoms with E-state index in [2.05, 4.69) is 4.72 Å². The molecule has 0 fully saturated rings. The maximum Gasteiger partial charge on any atom is 0.236 e. The minimum atomic E-state index is -3.71. The first kappa shape index (κ1) is 15.4. The van der Waals surface area contributed by atoms with Crippen molar-refractivity contribution < 1.29 is 17.2 Å². The molecule has 3 N–H and O–H groups in total. The van der Waals surface area contributed by atoms with Crippen molar-refractivity contribution in [2.75, 3.05) is 4.72 Å². The lowest BCUT2D eigenvalue weighted by Gasteiger charge is -2.09. The van der Waals surface area contributed by atoms with Gasteiger partial charge in [-0.25, -0.2) is 17.2 Å². The first-order valence-electron chi connectivity index (χ1n) is 6.13. The van der Waals surface area contributed by atoms with E-state index >= 15 is 0 Å². The highest BCUT2D eigenvalue weighted by atomic mass is 32.2. The van der Waals surface area contributed by atoms with Gasteiger partial charge in [0, 0.05) is 12.6 Å². The van der Waals surface area contributed by atoms with Crippen LogP contribution in [-0.4, -0.2) is 8.42 Å². The summed E-state index contributed by atoms with van der Waals surface area (Å²) < 4.78 is 52.0. The van der Waals surface area contributed by atoms with E-state index in [1.54, 1.807) is 24.3 Å². The van der Waals surface area contributed by atoms with Gasteiger partial charge in [0.25, 0.3) is 0 Å². The molecule has 0 amide bonds. The highest BCUT2D eigenvalue weighted by Gasteiger charge is 2.13. The minimum Gasteiger partial charge on any atom is -0.326 e. The van der Waals surface area contributed by atoms with E-state index in [4.69, 9.17) is 5.73 Å². The number of rotatable bonds is 5. The Hall–Kier alpha value is -1.99. The number of hydrogen-bond acceptors (Lipinski definition) is 3. The monoisotopic (exact) mass is 312 g/mol. The summed E-state index contributed by atoms with van der Waals surface area (Å²) in [7, 11) is -3.71. The molecule has 0 bridgehead atoms. The summed E-state index contributed by atoms with van der Waals surface area (Å²) in [5, 5.41) is 0. The number of hydrogen-bond donors (Lipinski definition) is 2. The zero-order valence-corrected chi connectivity index (χ0v) is 11.8.